The highest BCUT2D eigenvalue weighted by molar-refractivity contribution is 7.71. The van der Waals surface area contributed by atoms with Crippen molar-refractivity contribution in [3.05, 3.63) is 46.5 Å². The van der Waals surface area contributed by atoms with Crippen LogP contribution in [0.3, 0.4) is 0 Å². The highest BCUT2D eigenvalue weighted by Crippen LogP contribution is 2.33. The van der Waals surface area contributed by atoms with Crippen molar-refractivity contribution in [2.24, 2.45) is 12.8 Å². The van der Waals surface area contributed by atoms with Crippen molar-refractivity contribution in [1.82, 2.24) is 24.5 Å². The molecule has 3 N–H and O–H groups in total. The number of hydrogen-bond acceptors (Lipinski definition) is 6. The topological polar surface area (TPSA) is 94.6 Å². The second-order valence-corrected chi connectivity index (χ2v) is 5.11. The van der Waals surface area contributed by atoms with Gasteiger partial charge in [0.1, 0.15) is 16.2 Å². The highest BCUT2D eigenvalue weighted by Gasteiger charge is 2.15. The van der Waals surface area contributed by atoms with Gasteiger partial charge in [0, 0.05) is 25.6 Å². The summed E-state index contributed by atoms with van der Waals surface area (Å²) in [5.74, 6) is 0.675. The zero-order valence-corrected chi connectivity index (χ0v) is 13.0. The molecule has 0 aromatic carbocycles. The maximum Gasteiger partial charge on any atom is 0.179 e. The predicted molar refractivity (Wildman–Crippen MR) is 85.7 cm³/mol. The summed E-state index contributed by atoms with van der Waals surface area (Å²) in [6, 6.07) is 0. The van der Waals surface area contributed by atoms with E-state index in [2.05, 4.69) is 19.9 Å². The quantitative estimate of drug-likeness (QED) is 0.564. The molecule has 3 aromatic rings. The average Bonchev–Trinajstić information content (AvgIpc) is 2.83. The zero-order chi connectivity index (χ0) is 15.7. The van der Waals surface area contributed by atoms with Gasteiger partial charge in [-0.2, -0.15) is 0 Å². The molecule has 0 saturated carbocycles. The number of aryl methyl sites for hydroxylation is 1. The molecule has 0 saturated heterocycles. The number of rotatable bonds is 3. The number of aromatic nitrogens is 5. The number of nitrogens with zero attached hydrogens (tertiary/aromatic N) is 4. The van der Waals surface area contributed by atoms with Gasteiger partial charge in [-0.05, 0) is 12.2 Å². The molecule has 0 bridgehead atoms. The smallest absolute Gasteiger partial charge is 0.179 e. The number of H-pyrrole nitrogens is 1. The maximum absolute atomic E-state index is 6.39. The van der Waals surface area contributed by atoms with Crippen LogP contribution in [0.25, 0.3) is 16.9 Å². The lowest BCUT2D eigenvalue weighted by Gasteiger charge is -2.10. The van der Waals surface area contributed by atoms with E-state index in [1.165, 1.54) is 18.6 Å². The normalized spacial score (nSPS) is 11.8. The van der Waals surface area contributed by atoms with Crippen molar-refractivity contribution in [3.8, 4) is 5.75 Å². The molecule has 0 aliphatic rings. The molecule has 9 heteroatoms. The molecule has 0 aliphatic carbocycles. The summed E-state index contributed by atoms with van der Waals surface area (Å²) < 4.78 is 7.97. The molecule has 0 fully saturated rings. The van der Waals surface area contributed by atoms with Crippen molar-refractivity contribution < 1.29 is 4.74 Å². The third-order valence-electron chi connectivity index (χ3n) is 3.01. The molecule has 3 heterocycles. The first-order valence-electron chi connectivity index (χ1n) is 6.21. The van der Waals surface area contributed by atoms with Crippen molar-refractivity contribution in [2.75, 3.05) is 0 Å². The van der Waals surface area contributed by atoms with E-state index >= 15 is 0 Å². The fourth-order valence-electron chi connectivity index (χ4n) is 1.93. The van der Waals surface area contributed by atoms with Crippen LogP contribution in [0.1, 0.15) is 5.69 Å². The van der Waals surface area contributed by atoms with Gasteiger partial charge in [0.25, 0.3) is 0 Å². The van der Waals surface area contributed by atoms with Gasteiger partial charge >= 0.3 is 0 Å². The average molecular weight is 335 g/mol. The van der Waals surface area contributed by atoms with E-state index in [0.717, 1.165) is 0 Å². The second-order valence-electron chi connectivity index (χ2n) is 4.35. The van der Waals surface area contributed by atoms with Crippen molar-refractivity contribution in [2.45, 2.75) is 0 Å². The third kappa shape index (κ3) is 2.42. The lowest BCUT2D eigenvalue weighted by molar-refractivity contribution is 0.509. The SMILES string of the molecule is Cn1c(=S)[nH]c2ncc(O/C(=C/N)c3cnccn3)c(Cl)c21. The van der Waals surface area contributed by atoms with E-state index in [0.29, 0.717) is 38.2 Å². The van der Waals surface area contributed by atoms with Gasteiger partial charge in [-0.15, -0.1) is 0 Å². The largest absolute Gasteiger partial charge is 0.450 e. The van der Waals surface area contributed by atoms with Gasteiger partial charge in [0.2, 0.25) is 0 Å². The third-order valence-corrected chi connectivity index (χ3v) is 3.75. The Bertz CT molecular complexity index is 917. The number of fused-ring (bicyclic) bond motifs is 1. The Hall–Kier alpha value is -2.45. The number of hydrogen-bond donors (Lipinski definition) is 2. The minimum Gasteiger partial charge on any atom is -0.450 e. The Labute approximate surface area is 135 Å². The van der Waals surface area contributed by atoms with E-state index in [4.69, 9.17) is 34.3 Å². The second kappa shape index (κ2) is 5.74. The van der Waals surface area contributed by atoms with Crippen LogP contribution in [-0.4, -0.2) is 24.5 Å². The Kier molecular flexibility index (Phi) is 3.78. The van der Waals surface area contributed by atoms with E-state index in [1.807, 2.05) is 0 Å². The van der Waals surface area contributed by atoms with Crippen LogP contribution in [-0.2, 0) is 7.05 Å². The molecule has 0 spiro atoms. The number of halogens is 1. The number of pyridine rings is 1. The molecule has 0 atom stereocenters. The van der Waals surface area contributed by atoms with Gasteiger partial charge in [0.15, 0.2) is 21.9 Å². The van der Waals surface area contributed by atoms with Gasteiger partial charge in [-0.3, -0.25) is 4.98 Å². The van der Waals surface area contributed by atoms with Crippen molar-refractivity contribution >= 4 is 40.7 Å². The molecule has 112 valence electrons. The molecule has 0 radical (unpaired) electrons. The Morgan fingerprint density at radius 1 is 1.41 bits per heavy atom. The monoisotopic (exact) mass is 334 g/mol. The van der Waals surface area contributed by atoms with Crippen LogP contribution in [0.4, 0.5) is 0 Å². The lowest BCUT2D eigenvalue weighted by atomic mass is 10.3. The summed E-state index contributed by atoms with van der Waals surface area (Å²) in [5, 5.41) is 0.378. The minimum absolute atomic E-state index is 0.327. The van der Waals surface area contributed by atoms with Gasteiger partial charge < -0.3 is 20.0 Å². The standard InChI is InChI=1S/C13H11ClN6OS/c1-20-11-10(14)9(6-18-12(11)19-13(20)22)21-8(4-15)7-5-16-2-3-17-7/h2-6H,15H2,1H3,(H,18,19,22)/b8-4+. The van der Waals surface area contributed by atoms with Gasteiger partial charge in [-0.1, -0.05) is 11.6 Å². The van der Waals surface area contributed by atoms with Crippen LogP contribution >= 0.6 is 23.8 Å². The molecule has 0 unspecified atom stereocenters. The Morgan fingerprint density at radius 2 is 2.23 bits per heavy atom. The van der Waals surface area contributed by atoms with E-state index in [-0.39, 0.29) is 0 Å². The Morgan fingerprint density at radius 3 is 2.91 bits per heavy atom. The minimum atomic E-state index is 0.327. The van der Waals surface area contributed by atoms with E-state index in [9.17, 15) is 0 Å². The first-order chi connectivity index (χ1) is 10.6. The number of ether oxygens (including phenoxy) is 1. The highest BCUT2D eigenvalue weighted by atomic mass is 35.5. The van der Waals surface area contributed by atoms with Crippen molar-refractivity contribution in [3.63, 3.8) is 0 Å². The van der Waals surface area contributed by atoms with Gasteiger partial charge in [-0.25, -0.2) is 9.97 Å². The summed E-state index contributed by atoms with van der Waals surface area (Å²) in [4.78, 5) is 15.3. The summed E-state index contributed by atoms with van der Waals surface area (Å²) in [7, 11) is 1.79. The molecule has 3 rings (SSSR count). The first kappa shape index (κ1) is 14.5. The number of nitrogens with two attached hydrogens (primary N) is 1. The fourth-order valence-corrected chi connectivity index (χ4v) is 2.43. The lowest BCUT2D eigenvalue weighted by Crippen LogP contribution is -2.02. The van der Waals surface area contributed by atoms with Crippen LogP contribution < -0.4 is 10.5 Å². The molecule has 7 nitrogen and oxygen atoms in total. The maximum atomic E-state index is 6.39. The van der Waals surface area contributed by atoms with Crippen LogP contribution in [0.15, 0.2) is 31.0 Å². The van der Waals surface area contributed by atoms with Gasteiger partial charge in [0.05, 0.1) is 12.4 Å². The number of nitrogens with one attached hydrogen (secondary N) is 1. The molecule has 3 aromatic heterocycles. The summed E-state index contributed by atoms with van der Waals surface area (Å²) in [5.41, 5.74) is 7.33. The summed E-state index contributed by atoms with van der Waals surface area (Å²) in [6.07, 6.45) is 7.43. The van der Waals surface area contributed by atoms with E-state index in [1.54, 1.807) is 24.0 Å². The number of imidazole rings is 1. The van der Waals surface area contributed by atoms with Crippen molar-refractivity contribution in [1.29, 1.82) is 0 Å². The molecular weight excluding hydrogens is 324 g/mol. The number of aromatic amines is 1. The first-order valence-corrected chi connectivity index (χ1v) is 6.99. The van der Waals surface area contributed by atoms with Crippen LogP contribution in [0, 0.1) is 4.77 Å². The fraction of sp³-hybridized carbons (Fsp3) is 0.0769. The zero-order valence-electron chi connectivity index (χ0n) is 11.4. The Balaban J connectivity index is 2.06. The van der Waals surface area contributed by atoms with Crippen LogP contribution in [0.2, 0.25) is 5.02 Å². The summed E-state index contributed by atoms with van der Waals surface area (Å²) >= 11 is 11.6. The molecule has 0 aliphatic heterocycles. The van der Waals surface area contributed by atoms with E-state index < -0.39 is 0 Å². The molecule has 22 heavy (non-hydrogen) atoms. The van der Waals surface area contributed by atoms with Crippen LogP contribution in [0.5, 0.6) is 5.75 Å². The summed E-state index contributed by atoms with van der Waals surface area (Å²) in [6.45, 7) is 0. The predicted octanol–water partition coefficient (Wildman–Crippen LogP) is 2.41. The molecular formula is C13H11ClN6OS. The molecule has 0 amide bonds.